The van der Waals surface area contributed by atoms with E-state index in [1.54, 1.807) is 10.8 Å². The number of nitrogens with one attached hydrogen (secondary N) is 2. The molecule has 0 unspecified atom stereocenters. The van der Waals surface area contributed by atoms with E-state index in [4.69, 9.17) is 22.3 Å². The lowest BCUT2D eigenvalue weighted by Gasteiger charge is -2.26. The molecule has 1 saturated carbocycles. The lowest BCUT2D eigenvalue weighted by atomic mass is 9.93. The number of carbonyl (C=O) groups is 1. The van der Waals surface area contributed by atoms with Gasteiger partial charge in [0.15, 0.2) is 11.5 Å². The van der Waals surface area contributed by atoms with Crippen molar-refractivity contribution in [2.24, 2.45) is 5.73 Å². The standard InChI is InChI=1S/C24H30ClF2N7O2/c1-2-4-15(7-8-20(28)36)34-22-19(12-29-23(33-22)30-14-5-3-6-16(35)11-14)31-24(34)32-21-17(25)9-13(26)10-18(21)27/h9-10,12,14-16,35H,2-8,11H2,1H3,(H2,28,36)(H,31,32)(H,29,30,33)/t14-,15-,16-/m1/s1. The van der Waals surface area contributed by atoms with E-state index in [1.165, 1.54) is 0 Å². The maximum atomic E-state index is 14.6. The molecule has 1 fully saturated rings. The Labute approximate surface area is 212 Å². The summed E-state index contributed by atoms with van der Waals surface area (Å²) in [6, 6.07) is 1.54. The van der Waals surface area contributed by atoms with Gasteiger partial charge in [-0.3, -0.25) is 9.36 Å². The highest BCUT2D eigenvalue weighted by Gasteiger charge is 2.25. The molecule has 1 aliphatic carbocycles. The van der Waals surface area contributed by atoms with Crippen molar-refractivity contribution in [1.82, 2.24) is 19.5 Å². The van der Waals surface area contributed by atoms with Crippen LogP contribution in [0.5, 0.6) is 0 Å². The molecule has 9 nitrogen and oxygen atoms in total. The first kappa shape index (κ1) is 26.0. The average Bonchev–Trinajstić information content (AvgIpc) is 3.16. The number of hydrogen-bond acceptors (Lipinski definition) is 7. The maximum Gasteiger partial charge on any atom is 0.224 e. The summed E-state index contributed by atoms with van der Waals surface area (Å²) in [6.07, 6.45) is 6.42. The number of carbonyl (C=O) groups excluding carboxylic acids is 1. The van der Waals surface area contributed by atoms with E-state index in [2.05, 4.69) is 20.6 Å². The molecule has 194 valence electrons. The van der Waals surface area contributed by atoms with Gasteiger partial charge < -0.3 is 21.5 Å². The van der Waals surface area contributed by atoms with Gasteiger partial charge in [0, 0.05) is 24.6 Å². The zero-order valence-corrected chi connectivity index (χ0v) is 20.7. The number of nitrogens with zero attached hydrogens (tertiary/aromatic N) is 4. The Morgan fingerprint density at radius 2 is 2.11 bits per heavy atom. The first-order chi connectivity index (χ1) is 17.2. The fourth-order valence-corrected chi connectivity index (χ4v) is 4.93. The molecule has 3 aromatic rings. The minimum absolute atomic E-state index is 0.0357. The molecule has 5 N–H and O–H groups in total. The van der Waals surface area contributed by atoms with E-state index in [1.807, 2.05) is 6.92 Å². The number of benzene rings is 1. The zero-order valence-electron chi connectivity index (χ0n) is 20.0. The summed E-state index contributed by atoms with van der Waals surface area (Å²) in [7, 11) is 0. The Morgan fingerprint density at radius 3 is 2.81 bits per heavy atom. The number of amides is 1. The van der Waals surface area contributed by atoms with Gasteiger partial charge in [-0.2, -0.15) is 4.98 Å². The minimum atomic E-state index is -0.868. The highest BCUT2D eigenvalue weighted by molar-refractivity contribution is 6.33. The van der Waals surface area contributed by atoms with Gasteiger partial charge in [0.2, 0.25) is 17.8 Å². The fourth-order valence-electron chi connectivity index (χ4n) is 4.69. The number of halogens is 3. The Kier molecular flexibility index (Phi) is 8.20. The quantitative estimate of drug-likeness (QED) is 0.300. The van der Waals surface area contributed by atoms with Gasteiger partial charge in [-0.05, 0) is 44.6 Å². The number of aliphatic hydroxyl groups is 1. The first-order valence-electron chi connectivity index (χ1n) is 12.1. The molecular weight excluding hydrogens is 492 g/mol. The smallest absolute Gasteiger partial charge is 0.224 e. The predicted octanol–water partition coefficient (Wildman–Crippen LogP) is 4.82. The van der Waals surface area contributed by atoms with Crippen molar-refractivity contribution in [1.29, 1.82) is 0 Å². The second-order valence-corrected chi connectivity index (χ2v) is 9.59. The van der Waals surface area contributed by atoms with Crippen molar-refractivity contribution in [3.05, 3.63) is 35.0 Å². The van der Waals surface area contributed by atoms with Crippen LogP contribution in [0, 0.1) is 11.6 Å². The van der Waals surface area contributed by atoms with Crippen LogP contribution in [-0.2, 0) is 4.79 Å². The number of nitrogens with two attached hydrogens (primary N) is 1. The van der Waals surface area contributed by atoms with Crippen molar-refractivity contribution in [3.63, 3.8) is 0 Å². The van der Waals surface area contributed by atoms with Gasteiger partial charge in [-0.25, -0.2) is 18.7 Å². The summed E-state index contributed by atoms with van der Waals surface area (Å²) in [4.78, 5) is 25.2. The number of rotatable bonds is 10. The number of aliphatic hydroxyl groups excluding tert-OH is 1. The van der Waals surface area contributed by atoms with E-state index >= 15 is 0 Å². The molecule has 2 heterocycles. The molecule has 4 rings (SSSR count). The number of anilines is 3. The van der Waals surface area contributed by atoms with Crippen LogP contribution < -0.4 is 16.4 Å². The summed E-state index contributed by atoms with van der Waals surface area (Å²) in [5, 5.41) is 16.1. The SMILES string of the molecule is CCC[C@H](CCC(N)=O)n1c(Nc2c(F)cc(F)cc2Cl)nc2cnc(N[C@@H]3CCC[C@@H](O)C3)nc21. The second kappa shape index (κ2) is 11.3. The third kappa shape index (κ3) is 6.01. The topological polar surface area (TPSA) is 131 Å². The molecule has 0 spiro atoms. The summed E-state index contributed by atoms with van der Waals surface area (Å²) < 4.78 is 30.0. The van der Waals surface area contributed by atoms with Crippen molar-refractivity contribution >= 4 is 46.3 Å². The molecule has 1 amide bonds. The van der Waals surface area contributed by atoms with E-state index in [0.717, 1.165) is 37.8 Å². The Morgan fingerprint density at radius 1 is 1.31 bits per heavy atom. The van der Waals surface area contributed by atoms with E-state index in [0.29, 0.717) is 36.4 Å². The van der Waals surface area contributed by atoms with Crippen molar-refractivity contribution in [2.45, 2.75) is 76.5 Å². The highest BCUT2D eigenvalue weighted by atomic mass is 35.5. The Hall–Kier alpha value is -3.05. The number of hydrogen-bond donors (Lipinski definition) is 4. The van der Waals surface area contributed by atoms with Gasteiger partial charge in [0.05, 0.1) is 23.0 Å². The molecular formula is C24H30ClF2N7O2. The lowest BCUT2D eigenvalue weighted by molar-refractivity contribution is -0.118. The first-order valence-corrected chi connectivity index (χ1v) is 12.5. The largest absolute Gasteiger partial charge is 0.393 e. The minimum Gasteiger partial charge on any atom is -0.393 e. The summed E-state index contributed by atoms with van der Waals surface area (Å²) >= 11 is 6.13. The Balaban J connectivity index is 1.77. The predicted molar refractivity (Wildman–Crippen MR) is 134 cm³/mol. The third-order valence-corrected chi connectivity index (χ3v) is 6.67. The van der Waals surface area contributed by atoms with E-state index < -0.39 is 17.5 Å². The maximum absolute atomic E-state index is 14.6. The normalized spacial score (nSPS) is 18.8. The third-order valence-electron chi connectivity index (χ3n) is 6.37. The number of imidazole rings is 1. The molecule has 3 atom stereocenters. The van der Waals surface area contributed by atoms with Crippen LogP contribution in [0.25, 0.3) is 11.2 Å². The van der Waals surface area contributed by atoms with Crippen LogP contribution in [0.4, 0.5) is 26.4 Å². The molecule has 0 aliphatic heterocycles. The molecule has 0 bridgehead atoms. The van der Waals surface area contributed by atoms with Crippen LogP contribution in [-0.4, -0.2) is 42.7 Å². The van der Waals surface area contributed by atoms with Crippen LogP contribution in [0.2, 0.25) is 5.02 Å². The van der Waals surface area contributed by atoms with Crippen LogP contribution in [0.3, 0.4) is 0 Å². The van der Waals surface area contributed by atoms with Gasteiger partial charge in [-0.1, -0.05) is 24.9 Å². The molecule has 2 aromatic heterocycles. The molecule has 0 saturated heterocycles. The summed E-state index contributed by atoms with van der Waals surface area (Å²) in [5.74, 6) is -1.48. The molecule has 0 radical (unpaired) electrons. The second-order valence-electron chi connectivity index (χ2n) is 9.19. The fraction of sp³-hybridized carbons (Fsp3) is 0.500. The number of aromatic nitrogens is 4. The molecule has 1 aliphatic rings. The molecule has 36 heavy (non-hydrogen) atoms. The van der Waals surface area contributed by atoms with Crippen LogP contribution in [0.15, 0.2) is 18.3 Å². The zero-order chi connectivity index (χ0) is 25.8. The Bertz CT molecular complexity index is 1220. The lowest BCUT2D eigenvalue weighted by Crippen LogP contribution is -2.30. The van der Waals surface area contributed by atoms with Gasteiger partial charge >= 0.3 is 0 Å². The van der Waals surface area contributed by atoms with Crippen molar-refractivity contribution in [3.8, 4) is 0 Å². The average molecular weight is 522 g/mol. The number of fused-ring (bicyclic) bond motifs is 1. The van der Waals surface area contributed by atoms with Crippen LogP contribution >= 0.6 is 11.6 Å². The monoisotopic (exact) mass is 521 g/mol. The van der Waals surface area contributed by atoms with Gasteiger partial charge in [0.25, 0.3) is 0 Å². The molecule has 12 heteroatoms. The number of primary amides is 1. The van der Waals surface area contributed by atoms with Crippen molar-refractivity contribution in [2.75, 3.05) is 10.6 Å². The van der Waals surface area contributed by atoms with E-state index in [-0.39, 0.29) is 41.3 Å². The highest BCUT2D eigenvalue weighted by Crippen LogP contribution is 2.34. The van der Waals surface area contributed by atoms with Gasteiger partial charge in [-0.15, -0.1) is 0 Å². The van der Waals surface area contributed by atoms with Crippen LogP contribution in [0.1, 0.15) is 64.3 Å². The van der Waals surface area contributed by atoms with E-state index in [9.17, 15) is 18.7 Å². The van der Waals surface area contributed by atoms with Crippen molar-refractivity contribution < 1.29 is 18.7 Å². The molecule has 1 aromatic carbocycles. The van der Waals surface area contributed by atoms with Gasteiger partial charge in [0.1, 0.15) is 11.3 Å². The summed E-state index contributed by atoms with van der Waals surface area (Å²) in [5.41, 5.74) is 6.23. The summed E-state index contributed by atoms with van der Waals surface area (Å²) in [6.45, 7) is 2.01.